The van der Waals surface area contributed by atoms with Crippen molar-refractivity contribution >= 4 is 10.0 Å². The number of benzene rings is 1. The van der Waals surface area contributed by atoms with Crippen LogP contribution < -0.4 is 9.88 Å². The molecule has 8 heteroatoms. The van der Waals surface area contributed by atoms with Crippen LogP contribution in [0.5, 0.6) is 5.75 Å². The first-order chi connectivity index (χ1) is 12.3. The normalized spacial score (nSPS) is 18.3. The number of hydrogen-bond donors (Lipinski definition) is 1. The topological polar surface area (TPSA) is 98.7 Å². The van der Waals surface area contributed by atoms with Gasteiger partial charge < -0.3 is 9.26 Å². The van der Waals surface area contributed by atoms with Gasteiger partial charge in [-0.1, -0.05) is 17.3 Å². The zero-order valence-electron chi connectivity index (χ0n) is 15.1. The average Bonchev–Trinajstić information content (AvgIpc) is 3.11. The Bertz CT molecular complexity index is 844. The van der Waals surface area contributed by atoms with Gasteiger partial charge in [-0.15, -0.1) is 0 Å². The van der Waals surface area contributed by atoms with Crippen LogP contribution in [0.2, 0.25) is 0 Å². The summed E-state index contributed by atoms with van der Waals surface area (Å²) in [6.07, 6.45) is 0.860. The van der Waals surface area contributed by atoms with Gasteiger partial charge in [-0.2, -0.15) is 0 Å². The molecule has 0 radical (unpaired) electrons. The van der Waals surface area contributed by atoms with E-state index in [1.807, 2.05) is 32.0 Å². The molecule has 1 atom stereocenters. The first-order valence-corrected chi connectivity index (χ1v) is 10.4. The van der Waals surface area contributed by atoms with Gasteiger partial charge in [0, 0.05) is 13.1 Å². The molecular formula is C18H25N3O4S. The van der Waals surface area contributed by atoms with Crippen LogP contribution in [-0.2, 0) is 23.2 Å². The van der Waals surface area contributed by atoms with Crippen LogP contribution in [0.25, 0.3) is 0 Å². The second kappa shape index (κ2) is 7.77. The standard InChI is InChI=1S/C18H25N3O4S/c1-13-18(14(2)25-20-13)11-24-17-5-3-4-15(8-17)9-21-7-6-16(10-21)12-26(19,22)23/h3-5,8,16H,6-7,9-12H2,1-2H3,(H2,19,22,23). The second-order valence-electron chi connectivity index (χ2n) is 6.96. The third-order valence-electron chi connectivity index (χ3n) is 4.71. The van der Waals surface area contributed by atoms with Crippen molar-refractivity contribution in [2.24, 2.45) is 11.1 Å². The molecule has 2 aromatic rings. The van der Waals surface area contributed by atoms with E-state index < -0.39 is 10.0 Å². The Labute approximate surface area is 154 Å². The monoisotopic (exact) mass is 379 g/mol. The smallest absolute Gasteiger partial charge is 0.209 e. The first kappa shape index (κ1) is 18.9. The van der Waals surface area contributed by atoms with E-state index in [9.17, 15) is 8.42 Å². The number of aryl methyl sites for hydroxylation is 2. The highest BCUT2D eigenvalue weighted by Gasteiger charge is 2.25. The summed E-state index contributed by atoms with van der Waals surface area (Å²) in [6.45, 7) is 6.59. The van der Waals surface area contributed by atoms with E-state index in [1.165, 1.54) is 0 Å². The highest BCUT2D eigenvalue weighted by Crippen LogP contribution is 2.22. The lowest BCUT2D eigenvalue weighted by Crippen LogP contribution is -2.26. The maximum atomic E-state index is 11.2. The maximum absolute atomic E-state index is 11.2. The summed E-state index contributed by atoms with van der Waals surface area (Å²) in [7, 11) is -3.41. The number of sulfonamides is 1. The van der Waals surface area contributed by atoms with Crippen molar-refractivity contribution in [3.05, 3.63) is 46.8 Å². The Morgan fingerprint density at radius 2 is 2.19 bits per heavy atom. The van der Waals surface area contributed by atoms with E-state index in [-0.39, 0.29) is 11.7 Å². The van der Waals surface area contributed by atoms with Gasteiger partial charge in [-0.25, -0.2) is 13.6 Å². The van der Waals surface area contributed by atoms with Crippen LogP contribution in [0.1, 0.15) is 29.0 Å². The number of nitrogens with two attached hydrogens (primary N) is 1. The molecule has 7 nitrogen and oxygen atoms in total. The van der Waals surface area contributed by atoms with Crippen molar-refractivity contribution in [1.82, 2.24) is 10.1 Å². The fourth-order valence-electron chi connectivity index (χ4n) is 3.38. The molecule has 1 aliphatic rings. The number of nitrogens with zero attached hydrogens (tertiary/aromatic N) is 2. The van der Waals surface area contributed by atoms with Gasteiger partial charge in [-0.05, 0) is 50.4 Å². The largest absolute Gasteiger partial charge is 0.489 e. The summed E-state index contributed by atoms with van der Waals surface area (Å²) in [6, 6.07) is 7.96. The van der Waals surface area contributed by atoms with Crippen molar-refractivity contribution in [2.45, 2.75) is 33.4 Å². The van der Waals surface area contributed by atoms with Crippen LogP contribution in [0.3, 0.4) is 0 Å². The lowest BCUT2D eigenvalue weighted by molar-refractivity contribution is 0.298. The summed E-state index contributed by atoms with van der Waals surface area (Å²) in [4.78, 5) is 2.25. The average molecular weight is 379 g/mol. The molecule has 0 saturated carbocycles. The van der Waals surface area contributed by atoms with E-state index in [0.717, 1.165) is 54.4 Å². The number of primary sulfonamides is 1. The number of rotatable bonds is 7. The van der Waals surface area contributed by atoms with Gasteiger partial charge in [0.1, 0.15) is 18.1 Å². The van der Waals surface area contributed by atoms with Crippen LogP contribution in [0, 0.1) is 19.8 Å². The van der Waals surface area contributed by atoms with Gasteiger partial charge in [0.15, 0.2) is 0 Å². The maximum Gasteiger partial charge on any atom is 0.209 e. The molecule has 1 fully saturated rings. The van der Waals surface area contributed by atoms with Crippen molar-refractivity contribution in [1.29, 1.82) is 0 Å². The lowest BCUT2D eigenvalue weighted by Gasteiger charge is -2.16. The third-order valence-corrected chi connectivity index (χ3v) is 5.64. The first-order valence-electron chi connectivity index (χ1n) is 8.66. The highest BCUT2D eigenvalue weighted by molar-refractivity contribution is 7.89. The molecule has 1 saturated heterocycles. The van der Waals surface area contributed by atoms with Crippen LogP contribution in [-0.4, -0.2) is 37.3 Å². The number of ether oxygens (including phenoxy) is 1. The molecule has 2 heterocycles. The van der Waals surface area contributed by atoms with Crippen LogP contribution in [0.4, 0.5) is 0 Å². The SMILES string of the molecule is Cc1noc(C)c1COc1cccc(CN2CCC(CS(N)(=O)=O)C2)c1. The zero-order chi connectivity index (χ0) is 18.7. The predicted molar refractivity (Wildman–Crippen MR) is 98.1 cm³/mol. The Morgan fingerprint density at radius 1 is 1.38 bits per heavy atom. The lowest BCUT2D eigenvalue weighted by atomic mass is 10.1. The van der Waals surface area contributed by atoms with E-state index in [0.29, 0.717) is 6.61 Å². The number of likely N-dealkylation sites (tertiary alicyclic amines) is 1. The minimum absolute atomic E-state index is 0.0596. The Hall–Kier alpha value is -1.90. The third kappa shape index (κ3) is 5.06. The molecule has 0 spiro atoms. The highest BCUT2D eigenvalue weighted by atomic mass is 32.2. The molecule has 2 N–H and O–H groups in total. The minimum atomic E-state index is -3.41. The number of aromatic nitrogens is 1. The fraction of sp³-hybridized carbons (Fsp3) is 0.500. The summed E-state index contributed by atoms with van der Waals surface area (Å²) >= 11 is 0. The van der Waals surface area contributed by atoms with Crippen molar-refractivity contribution in [3.8, 4) is 5.75 Å². The molecule has 1 aromatic heterocycles. The summed E-state index contributed by atoms with van der Waals surface area (Å²) in [5, 5.41) is 9.09. The molecule has 0 amide bonds. The minimum Gasteiger partial charge on any atom is -0.489 e. The summed E-state index contributed by atoms with van der Waals surface area (Å²) < 4.78 is 33.5. The van der Waals surface area contributed by atoms with E-state index in [4.69, 9.17) is 14.4 Å². The molecule has 1 aromatic carbocycles. The molecule has 26 heavy (non-hydrogen) atoms. The van der Waals surface area contributed by atoms with Gasteiger partial charge in [0.25, 0.3) is 0 Å². The Kier molecular flexibility index (Phi) is 5.64. The predicted octanol–water partition coefficient (Wildman–Crippen LogP) is 1.98. The van der Waals surface area contributed by atoms with Gasteiger partial charge >= 0.3 is 0 Å². The number of hydrogen-bond acceptors (Lipinski definition) is 6. The van der Waals surface area contributed by atoms with Crippen molar-refractivity contribution < 1.29 is 17.7 Å². The van der Waals surface area contributed by atoms with Crippen LogP contribution >= 0.6 is 0 Å². The van der Waals surface area contributed by atoms with E-state index >= 15 is 0 Å². The van der Waals surface area contributed by atoms with Crippen molar-refractivity contribution in [2.75, 3.05) is 18.8 Å². The molecular weight excluding hydrogens is 354 g/mol. The molecule has 0 aliphatic carbocycles. The van der Waals surface area contributed by atoms with Crippen LogP contribution in [0.15, 0.2) is 28.8 Å². The summed E-state index contributed by atoms with van der Waals surface area (Å²) in [5.74, 6) is 1.74. The second-order valence-corrected chi connectivity index (χ2v) is 8.62. The van der Waals surface area contributed by atoms with Gasteiger partial charge in [-0.3, -0.25) is 4.90 Å². The molecule has 1 aliphatic heterocycles. The Morgan fingerprint density at radius 3 is 2.88 bits per heavy atom. The molecule has 142 valence electrons. The quantitative estimate of drug-likeness (QED) is 0.790. The van der Waals surface area contributed by atoms with Gasteiger partial charge in [0.05, 0.1) is 17.0 Å². The molecule has 0 bridgehead atoms. The van der Waals surface area contributed by atoms with E-state index in [1.54, 1.807) is 0 Å². The Balaban J connectivity index is 1.56. The zero-order valence-corrected chi connectivity index (χ0v) is 16.0. The van der Waals surface area contributed by atoms with Gasteiger partial charge in [0.2, 0.25) is 10.0 Å². The molecule has 1 unspecified atom stereocenters. The molecule has 3 rings (SSSR count). The summed E-state index contributed by atoms with van der Waals surface area (Å²) in [5.41, 5.74) is 2.95. The van der Waals surface area contributed by atoms with Crippen molar-refractivity contribution in [3.63, 3.8) is 0 Å². The van der Waals surface area contributed by atoms with E-state index in [2.05, 4.69) is 16.1 Å². The fourth-order valence-corrected chi connectivity index (χ4v) is 4.31.